The number of carbonyl (C=O) groups is 1. The molecule has 0 fully saturated rings. The van der Waals surface area contributed by atoms with E-state index in [0.29, 0.717) is 45.2 Å². The maximum absolute atomic E-state index is 12.1. The summed E-state index contributed by atoms with van der Waals surface area (Å²) >= 11 is 11.8. The Hall–Kier alpha value is -2.57. The summed E-state index contributed by atoms with van der Waals surface area (Å²) in [6.45, 7) is 0. The third-order valence-corrected chi connectivity index (χ3v) is 3.95. The second kappa shape index (κ2) is 8.21. The Kier molecular flexibility index (Phi) is 5.75. The zero-order valence-corrected chi connectivity index (χ0v) is 15.3. The van der Waals surface area contributed by atoms with Gasteiger partial charge in [-0.15, -0.1) is 10.2 Å². The average Bonchev–Trinajstić information content (AvgIpc) is 3.08. The first-order chi connectivity index (χ1) is 12.5. The molecule has 134 valence electrons. The molecule has 0 saturated heterocycles. The fourth-order valence-corrected chi connectivity index (χ4v) is 2.88. The van der Waals surface area contributed by atoms with Crippen LogP contribution in [-0.2, 0) is 11.2 Å². The van der Waals surface area contributed by atoms with Gasteiger partial charge >= 0.3 is 0 Å². The van der Waals surface area contributed by atoms with Crippen molar-refractivity contribution in [1.29, 1.82) is 0 Å². The van der Waals surface area contributed by atoms with Crippen LogP contribution < -0.4 is 10.1 Å². The SMILES string of the molecule is COc1ccccc1-c1nnc(CCC(=O)Nc2cc(Cl)cc(Cl)c2)o1. The second-order valence-electron chi connectivity index (χ2n) is 5.41. The molecule has 0 bridgehead atoms. The van der Waals surface area contributed by atoms with Crippen LogP contribution in [-0.4, -0.2) is 23.2 Å². The maximum Gasteiger partial charge on any atom is 0.251 e. The summed E-state index contributed by atoms with van der Waals surface area (Å²) in [6, 6.07) is 12.2. The Balaban J connectivity index is 1.62. The first-order valence-electron chi connectivity index (χ1n) is 7.77. The lowest BCUT2D eigenvalue weighted by molar-refractivity contribution is -0.116. The molecule has 8 heteroatoms. The van der Waals surface area contributed by atoms with Crippen LogP contribution >= 0.6 is 23.2 Å². The molecule has 0 radical (unpaired) electrons. The van der Waals surface area contributed by atoms with E-state index < -0.39 is 0 Å². The predicted octanol–water partition coefficient (Wildman–Crippen LogP) is 4.62. The van der Waals surface area contributed by atoms with Gasteiger partial charge < -0.3 is 14.5 Å². The van der Waals surface area contributed by atoms with Gasteiger partial charge in [-0.2, -0.15) is 0 Å². The number of nitrogens with zero attached hydrogens (tertiary/aromatic N) is 2. The number of carbonyl (C=O) groups excluding carboxylic acids is 1. The molecule has 1 amide bonds. The number of hydrogen-bond acceptors (Lipinski definition) is 5. The van der Waals surface area contributed by atoms with Crippen molar-refractivity contribution in [2.24, 2.45) is 0 Å². The highest BCUT2D eigenvalue weighted by atomic mass is 35.5. The molecule has 3 rings (SSSR count). The quantitative estimate of drug-likeness (QED) is 0.662. The highest BCUT2D eigenvalue weighted by Gasteiger charge is 2.14. The molecule has 1 aromatic heterocycles. The van der Waals surface area contributed by atoms with Gasteiger partial charge in [-0.05, 0) is 30.3 Å². The molecular weight excluding hydrogens is 377 g/mol. The summed E-state index contributed by atoms with van der Waals surface area (Å²) in [6.07, 6.45) is 0.486. The van der Waals surface area contributed by atoms with Crippen LogP contribution in [0.15, 0.2) is 46.9 Å². The normalized spacial score (nSPS) is 10.6. The number of benzene rings is 2. The summed E-state index contributed by atoms with van der Waals surface area (Å²) in [5.74, 6) is 1.14. The maximum atomic E-state index is 12.1. The molecule has 2 aromatic carbocycles. The van der Waals surface area contributed by atoms with E-state index in [2.05, 4.69) is 15.5 Å². The Morgan fingerprint density at radius 1 is 1.15 bits per heavy atom. The third kappa shape index (κ3) is 4.53. The molecule has 0 saturated carbocycles. The van der Waals surface area contributed by atoms with Crippen LogP contribution in [0, 0.1) is 0 Å². The Morgan fingerprint density at radius 3 is 2.62 bits per heavy atom. The zero-order valence-electron chi connectivity index (χ0n) is 13.8. The molecular formula is C18H15Cl2N3O3. The topological polar surface area (TPSA) is 77.2 Å². The monoisotopic (exact) mass is 391 g/mol. The van der Waals surface area contributed by atoms with Crippen molar-refractivity contribution in [3.05, 3.63) is 58.4 Å². The molecule has 1 N–H and O–H groups in total. The number of ether oxygens (including phenoxy) is 1. The number of methoxy groups -OCH3 is 1. The summed E-state index contributed by atoms with van der Waals surface area (Å²) in [5, 5.41) is 11.6. The summed E-state index contributed by atoms with van der Waals surface area (Å²) < 4.78 is 10.9. The summed E-state index contributed by atoms with van der Waals surface area (Å²) in [4.78, 5) is 12.1. The van der Waals surface area contributed by atoms with E-state index in [1.807, 2.05) is 24.3 Å². The van der Waals surface area contributed by atoms with Gasteiger partial charge in [0.05, 0.1) is 12.7 Å². The van der Waals surface area contributed by atoms with Gasteiger partial charge in [0.1, 0.15) is 5.75 Å². The number of amides is 1. The van der Waals surface area contributed by atoms with E-state index in [4.69, 9.17) is 32.4 Å². The van der Waals surface area contributed by atoms with E-state index in [0.717, 1.165) is 0 Å². The van der Waals surface area contributed by atoms with E-state index in [1.165, 1.54) is 0 Å². The third-order valence-electron chi connectivity index (χ3n) is 3.52. The predicted molar refractivity (Wildman–Crippen MR) is 99.7 cm³/mol. The second-order valence-corrected chi connectivity index (χ2v) is 6.28. The van der Waals surface area contributed by atoms with Gasteiger partial charge in [-0.1, -0.05) is 35.3 Å². The molecule has 6 nitrogen and oxygen atoms in total. The first-order valence-corrected chi connectivity index (χ1v) is 8.52. The minimum atomic E-state index is -0.208. The van der Waals surface area contributed by atoms with Crippen LogP contribution in [0.25, 0.3) is 11.5 Å². The van der Waals surface area contributed by atoms with E-state index in [-0.39, 0.29) is 12.3 Å². The highest BCUT2D eigenvalue weighted by molar-refractivity contribution is 6.35. The molecule has 1 heterocycles. The van der Waals surface area contributed by atoms with Crippen molar-refractivity contribution >= 4 is 34.8 Å². The van der Waals surface area contributed by atoms with Gasteiger partial charge in [0.15, 0.2) is 0 Å². The fourth-order valence-electron chi connectivity index (χ4n) is 2.35. The number of para-hydroxylation sites is 1. The van der Waals surface area contributed by atoms with Crippen LogP contribution in [0.5, 0.6) is 5.75 Å². The van der Waals surface area contributed by atoms with Crippen LogP contribution in [0.3, 0.4) is 0 Å². The average molecular weight is 392 g/mol. The van der Waals surface area contributed by atoms with Crippen molar-refractivity contribution < 1.29 is 13.9 Å². The van der Waals surface area contributed by atoms with Crippen molar-refractivity contribution in [1.82, 2.24) is 10.2 Å². The minimum absolute atomic E-state index is 0.178. The molecule has 0 aliphatic rings. The van der Waals surface area contributed by atoms with E-state index in [9.17, 15) is 4.79 Å². The lowest BCUT2D eigenvalue weighted by Gasteiger charge is -2.05. The number of nitrogens with one attached hydrogen (secondary N) is 1. The van der Waals surface area contributed by atoms with Gasteiger partial charge in [0.25, 0.3) is 5.89 Å². The summed E-state index contributed by atoms with van der Waals surface area (Å²) in [5.41, 5.74) is 1.24. The molecule has 0 spiro atoms. The van der Waals surface area contributed by atoms with Crippen molar-refractivity contribution in [2.45, 2.75) is 12.8 Å². The molecule has 0 unspecified atom stereocenters. The smallest absolute Gasteiger partial charge is 0.251 e. The Labute approximate surface area is 160 Å². The lowest BCUT2D eigenvalue weighted by atomic mass is 10.2. The number of aryl methyl sites for hydroxylation is 1. The molecule has 0 aliphatic heterocycles. The molecule has 0 aliphatic carbocycles. The number of aromatic nitrogens is 2. The largest absolute Gasteiger partial charge is 0.496 e. The van der Waals surface area contributed by atoms with Gasteiger partial charge in [-0.3, -0.25) is 4.79 Å². The van der Waals surface area contributed by atoms with Crippen LogP contribution in [0.1, 0.15) is 12.3 Å². The van der Waals surface area contributed by atoms with Gasteiger partial charge in [0, 0.05) is 28.6 Å². The van der Waals surface area contributed by atoms with Gasteiger partial charge in [-0.25, -0.2) is 0 Å². The number of hydrogen-bond donors (Lipinski definition) is 1. The van der Waals surface area contributed by atoms with Crippen molar-refractivity contribution in [3.8, 4) is 17.2 Å². The first kappa shape index (κ1) is 18.2. The minimum Gasteiger partial charge on any atom is -0.496 e. The lowest BCUT2D eigenvalue weighted by Crippen LogP contribution is -2.12. The standard InChI is InChI=1S/C18H15Cl2N3O3/c1-25-15-5-3-2-4-14(15)18-23-22-17(26-18)7-6-16(24)21-13-9-11(19)8-12(20)10-13/h2-5,8-10H,6-7H2,1H3,(H,21,24). The molecule has 3 aromatic rings. The van der Waals surface area contributed by atoms with E-state index in [1.54, 1.807) is 25.3 Å². The van der Waals surface area contributed by atoms with E-state index >= 15 is 0 Å². The number of anilines is 1. The molecule has 0 atom stereocenters. The highest BCUT2D eigenvalue weighted by Crippen LogP contribution is 2.28. The van der Waals surface area contributed by atoms with Crippen LogP contribution in [0.4, 0.5) is 5.69 Å². The van der Waals surface area contributed by atoms with Crippen LogP contribution in [0.2, 0.25) is 10.0 Å². The Morgan fingerprint density at radius 2 is 1.88 bits per heavy atom. The zero-order chi connectivity index (χ0) is 18.5. The number of rotatable bonds is 6. The van der Waals surface area contributed by atoms with Crippen molar-refractivity contribution in [2.75, 3.05) is 12.4 Å². The number of halogens is 2. The van der Waals surface area contributed by atoms with Crippen molar-refractivity contribution in [3.63, 3.8) is 0 Å². The molecule has 26 heavy (non-hydrogen) atoms. The summed E-state index contributed by atoms with van der Waals surface area (Å²) in [7, 11) is 1.57. The Bertz CT molecular complexity index is 907. The van der Waals surface area contributed by atoms with Gasteiger partial charge in [0.2, 0.25) is 11.8 Å². The fraction of sp³-hybridized carbons (Fsp3) is 0.167.